The van der Waals surface area contributed by atoms with Crippen LogP contribution in [0, 0.1) is 0 Å². The summed E-state index contributed by atoms with van der Waals surface area (Å²) in [7, 11) is -4.06. The van der Waals surface area contributed by atoms with Crippen LogP contribution in [0.1, 0.15) is 6.92 Å². The molecule has 0 amide bonds. The minimum Gasteiger partial charge on any atom is -0.291 e. The summed E-state index contributed by atoms with van der Waals surface area (Å²) in [6.45, 7) is 1.32. The van der Waals surface area contributed by atoms with Crippen molar-refractivity contribution in [3.8, 4) is 0 Å². The standard InChI is InChI=1S/C13H9Cl4NO3S/c1-13(17)11(16)10(8(14)9(15)12(13)19)18-22(20,21)7-5-3-2-4-6-7/h2-6,11H,1H3/b18-10+. The third kappa shape index (κ3) is 3.05. The van der Waals surface area contributed by atoms with E-state index in [1.807, 2.05) is 0 Å². The van der Waals surface area contributed by atoms with Crippen LogP contribution < -0.4 is 0 Å². The molecule has 0 N–H and O–H groups in total. The van der Waals surface area contributed by atoms with E-state index < -0.39 is 31.1 Å². The van der Waals surface area contributed by atoms with E-state index in [0.29, 0.717) is 0 Å². The van der Waals surface area contributed by atoms with Crippen molar-refractivity contribution in [3.63, 3.8) is 0 Å². The van der Waals surface area contributed by atoms with E-state index in [0.717, 1.165) is 0 Å². The van der Waals surface area contributed by atoms with Crippen molar-refractivity contribution in [2.45, 2.75) is 22.1 Å². The van der Waals surface area contributed by atoms with Crippen LogP contribution in [0.5, 0.6) is 0 Å². The van der Waals surface area contributed by atoms with Gasteiger partial charge in [0.1, 0.15) is 15.3 Å². The van der Waals surface area contributed by atoms with Gasteiger partial charge in [-0.25, -0.2) is 0 Å². The maximum atomic E-state index is 12.3. The molecular formula is C13H9Cl4NO3S. The highest BCUT2D eigenvalue weighted by Crippen LogP contribution is 2.39. The number of hydrogen-bond acceptors (Lipinski definition) is 3. The van der Waals surface area contributed by atoms with Crippen LogP contribution in [0.25, 0.3) is 0 Å². The second-order valence-electron chi connectivity index (χ2n) is 4.66. The first-order valence-electron chi connectivity index (χ1n) is 5.92. The van der Waals surface area contributed by atoms with E-state index in [4.69, 9.17) is 46.4 Å². The molecule has 0 spiro atoms. The lowest BCUT2D eigenvalue weighted by Gasteiger charge is -2.31. The molecule has 0 heterocycles. The fourth-order valence-electron chi connectivity index (χ4n) is 1.77. The first-order valence-corrected chi connectivity index (χ1v) is 8.93. The molecule has 1 aromatic rings. The molecule has 22 heavy (non-hydrogen) atoms. The van der Waals surface area contributed by atoms with Gasteiger partial charge in [0.15, 0.2) is 5.78 Å². The van der Waals surface area contributed by atoms with E-state index in [1.54, 1.807) is 18.2 Å². The third-order valence-corrected chi connectivity index (χ3v) is 6.33. The first-order chi connectivity index (χ1) is 10.1. The Labute approximate surface area is 147 Å². The van der Waals surface area contributed by atoms with Gasteiger partial charge in [0.05, 0.1) is 15.6 Å². The number of Topliss-reactive ketones (excluding diaryl/α,β-unsaturated/α-hetero) is 1. The molecule has 2 atom stereocenters. The maximum absolute atomic E-state index is 12.3. The van der Waals surface area contributed by atoms with Crippen LogP contribution >= 0.6 is 46.4 Å². The van der Waals surface area contributed by atoms with Crippen molar-refractivity contribution in [2.24, 2.45) is 4.40 Å². The molecule has 0 saturated heterocycles. The molecule has 1 aliphatic rings. The van der Waals surface area contributed by atoms with Gasteiger partial charge in [-0.2, -0.15) is 12.8 Å². The minimum atomic E-state index is -4.06. The highest BCUT2D eigenvalue weighted by molar-refractivity contribution is 7.90. The zero-order chi connectivity index (χ0) is 16.7. The number of alkyl halides is 2. The summed E-state index contributed by atoms with van der Waals surface area (Å²) in [6, 6.07) is 7.50. The molecule has 0 fully saturated rings. The number of hydrogen-bond donors (Lipinski definition) is 0. The van der Waals surface area contributed by atoms with Crippen molar-refractivity contribution in [2.75, 3.05) is 0 Å². The van der Waals surface area contributed by atoms with E-state index in [1.165, 1.54) is 19.1 Å². The number of carbonyl (C=O) groups excluding carboxylic acids is 1. The number of ketones is 1. The second kappa shape index (κ2) is 6.13. The summed E-state index contributed by atoms with van der Waals surface area (Å²) in [6.07, 6.45) is 0. The van der Waals surface area contributed by atoms with Crippen molar-refractivity contribution < 1.29 is 13.2 Å². The Bertz CT molecular complexity index is 785. The Morgan fingerprint density at radius 2 is 1.68 bits per heavy atom. The van der Waals surface area contributed by atoms with Gasteiger partial charge in [0.25, 0.3) is 10.0 Å². The number of nitrogens with zero attached hydrogens (tertiary/aromatic N) is 1. The van der Waals surface area contributed by atoms with Gasteiger partial charge in [-0.15, -0.1) is 23.2 Å². The smallest absolute Gasteiger partial charge is 0.282 e. The topological polar surface area (TPSA) is 63.6 Å². The predicted octanol–water partition coefficient (Wildman–Crippen LogP) is 3.69. The van der Waals surface area contributed by atoms with Gasteiger partial charge in [0.2, 0.25) is 0 Å². The Balaban J connectivity index is 2.63. The Hall–Kier alpha value is -0.590. The van der Waals surface area contributed by atoms with Crippen molar-refractivity contribution >= 4 is 67.9 Å². The van der Waals surface area contributed by atoms with Crippen molar-refractivity contribution in [1.82, 2.24) is 0 Å². The minimum absolute atomic E-state index is 0.0415. The molecule has 2 unspecified atom stereocenters. The van der Waals surface area contributed by atoms with E-state index in [-0.39, 0.29) is 15.6 Å². The quantitative estimate of drug-likeness (QED) is 0.711. The molecule has 2 rings (SSSR count). The summed E-state index contributed by atoms with van der Waals surface area (Å²) in [5, 5.41) is -1.95. The summed E-state index contributed by atoms with van der Waals surface area (Å²) in [5.41, 5.74) is -0.255. The van der Waals surface area contributed by atoms with Crippen LogP contribution in [-0.2, 0) is 14.8 Å². The van der Waals surface area contributed by atoms with Crippen LogP contribution in [0.4, 0.5) is 0 Å². The zero-order valence-corrected chi connectivity index (χ0v) is 14.9. The zero-order valence-electron chi connectivity index (χ0n) is 11.1. The lowest BCUT2D eigenvalue weighted by Crippen LogP contribution is -2.47. The molecule has 9 heteroatoms. The molecule has 1 aliphatic carbocycles. The maximum Gasteiger partial charge on any atom is 0.282 e. The summed E-state index contributed by atoms with van der Waals surface area (Å²) < 4.78 is 28.2. The van der Waals surface area contributed by atoms with Gasteiger partial charge >= 0.3 is 0 Å². The molecule has 0 aliphatic heterocycles. The summed E-state index contributed by atoms with van der Waals surface area (Å²) >= 11 is 23.9. The van der Waals surface area contributed by atoms with Crippen LogP contribution in [0.3, 0.4) is 0 Å². The van der Waals surface area contributed by atoms with Gasteiger partial charge < -0.3 is 0 Å². The highest BCUT2D eigenvalue weighted by atomic mass is 35.5. The number of carbonyl (C=O) groups is 1. The third-order valence-electron chi connectivity index (χ3n) is 3.04. The van der Waals surface area contributed by atoms with Gasteiger partial charge in [-0.3, -0.25) is 4.79 Å². The molecule has 1 aromatic carbocycles. The SMILES string of the molecule is CC1(Cl)C(=O)C(Cl)=C(Cl)/C(=N\S(=O)(=O)c2ccccc2)C1Cl. The number of allylic oxidation sites excluding steroid dienone is 2. The van der Waals surface area contributed by atoms with Gasteiger partial charge in [-0.1, -0.05) is 41.4 Å². The van der Waals surface area contributed by atoms with Gasteiger partial charge in [0, 0.05) is 0 Å². The normalized spacial score (nSPS) is 28.3. The lowest BCUT2D eigenvalue weighted by molar-refractivity contribution is -0.117. The molecule has 4 nitrogen and oxygen atoms in total. The fraction of sp³-hybridized carbons (Fsp3) is 0.231. The molecule has 0 radical (unpaired) electrons. The number of halogens is 4. The van der Waals surface area contributed by atoms with Crippen LogP contribution in [0.15, 0.2) is 49.7 Å². The monoisotopic (exact) mass is 399 g/mol. The molecule has 0 bridgehead atoms. The van der Waals surface area contributed by atoms with E-state index in [2.05, 4.69) is 4.40 Å². The van der Waals surface area contributed by atoms with Crippen LogP contribution in [-0.4, -0.2) is 30.2 Å². The largest absolute Gasteiger partial charge is 0.291 e. The molecule has 0 saturated carbocycles. The summed E-state index contributed by atoms with van der Waals surface area (Å²) in [5.74, 6) is -0.683. The van der Waals surface area contributed by atoms with E-state index in [9.17, 15) is 13.2 Å². The average Bonchev–Trinajstić information content (AvgIpc) is 2.49. The summed E-state index contributed by atoms with van der Waals surface area (Å²) in [4.78, 5) is 10.3. The Morgan fingerprint density at radius 1 is 1.14 bits per heavy atom. The Kier molecular flexibility index (Phi) is 4.95. The lowest BCUT2D eigenvalue weighted by atomic mass is 9.91. The van der Waals surface area contributed by atoms with Crippen molar-refractivity contribution in [3.05, 3.63) is 40.4 Å². The predicted molar refractivity (Wildman–Crippen MR) is 88.7 cm³/mol. The number of sulfonamides is 1. The highest BCUT2D eigenvalue weighted by Gasteiger charge is 2.49. The number of rotatable bonds is 2. The fourth-order valence-corrected chi connectivity index (χ4v) is 4.03. The van der Waals surface area contributed by atoms with Crippen LogP contribution in [0.2, 0.25) is 0 Å². The Morgan fingerprint density at radius 3 is 2.23 bits per heavy atom. The van der Waals surface area contributed by atoms with Gasteiger partial charge in [-0.05, 0) is 19.1 Å². The molecule has 0 aromatic heterocycles. The number of benzene rings is 1. The first kappa shape index (κ1) is 17.8. The average molecular weight is 401 g/mol. The second-order valence-corrected chi connectivity index (χ2v) is 8.24. The molecule has 118 valence electrons. The van der Waals surface area contributed by atoms with E-state index >= 15 is 0 Å². The van der Waals surface area contributed by atoms with Crippen molar-refractivity contribution in [1.29, 1.82) is 0 Å². The molecular weight excluding hydrogens is 392 g/mol.